The second kappa shape index (κ2) is 5.96. The van der Waals surface area contributed by atoms with Crippen LogP contribution in [0.1, 0.15) is 25.7 Å². The van der Waals surface area contributed by atoms with Crippen molar-refractivity contribution in [2.24, 2.45) is 5.73 Å². The Balaban J connectivity index is 1.66. The number of nitrogens with zero attached hydrogens (tertiary/aromatic N) is 1. The van der Waals surface area contributed by atoms with Crippen molar-refractivity contribution in [3.8, 4) is 0 Å². The summed E-state index contributed by atoms with van der Waals surface area (Å²) < 4.78 is 5.73. The second-order valence-corrected chi connectivity index (χ2v) is 5.29. The molecule has 94 valence electrons. The summed E-state index contributed by atoms with van der Waals surface area (Å²) in [7, 11) is 2.16. The van der Waals surface area contributed by atoms with Gasteiger partial charge in [0.05, 0.1) is 12.7 Å². The quantitative estimate of drug-likeness (QED) is 0.722. The number of hydrogen-bond acceptors (Lipinski definition) is 4. The molecule has 16 heavy (non-hydrogen) atoms. The SMILES string of the molecule is CN1CCOC(CNC2CCCC(N)C2)C1. The zero-order valence-corrected chi connectivity index (χ0v) is 10.3. The number of rotatable bonds is 3. The molecule has 1 aliphatic heterocycles. The molecule has 0 aromatic heterocycles. The van der Waals surface area contributed by atoms with E-state index in [0.717, 1.165) is 32.7 Å². The molecular formula is C12H25N3O. The van der Waals surface area contributed by atoms with Gasteiger partial charge in [-0.2, -0.15) is 0 Å². The van der Waals surface area contributed by atoms with Crippen LogP contribution >= 0.6 is 0 Å². The summed E-state index contributed by atoms with van der Waals surface area (Å²) >= 11 is 0. The molecule has 3 unspecified atom stereocenters. The van der Waals surface area contributed by atoms with Gasteiger partial charge in [0, 0.05) is 31.7 Å². The van der Waals surface area contributed by atoms with E-state index in [0.29, 0.717) is 18.2 Å². The molecule has 1 heterocycles. The monoisotopic (exact) mass is 227 g/mol. The molecule has 0 aromatic rings. The summed E-state index contributed by atoms with van der Waals surface area (Å²) in [4.78, 5) is 2.34. The van der Waals surface area contributed by atoms with Gasteiger partial charge in [0.1, 0.15) is 0 Å². The average Bonchev–Trinajstić information content (AvgIpc) is 2.27. The van der Waals surface area contributed by atoms with Crippen molar-refractivity contribution >= 4 is 0 Å². The molecule has 3 N–H and O–H groups in total. The van der Waals surface area contributed by atoms with Crippen molar-refractivity contribution in [1.82, 2.24) is 10.2 Å². The fourth-order valence-electron chi connectivity index (χ4n) is 2.70. The third-order valence-electron chi connectivity index (χ3n) is 3.69. The number of hydrogen-bond donors (Lipinski definition) is 2. The van der Waals surface area contributed by atoms with Gasteiger partial charge in [-0.05, 0) is 26.3 Å². The zero-order chi connectivity index (χ0) is 11.4. The van der Waals surface area contributed by atoms with Crippen molar-refractivity contribution in [2.45, 2.75) is 43.9 Å². The van der Waals surface area contributed by atoms with Crippen molar-refractivity contribution in [3.05, 3.63) is 0 Å². The fraction of sp³-hybridized carbons (Fsp3) is 1.00. The Hall–Kier alpha value is -0.160. The minimum Gasteiger partial charge on any atom is -0.374 e. The summed E-state index contributed by atoms with van der Waals surface area (Å²) in [5.41, 5.74) is 5.98. The molecule has 2 fully saturated rings. The van der Waals surface area contributed by atoms with E-state index in [4.69, 9.17) is 10.5 Å². The van der Waals surface area contributed by atoms with Crippen LogP contribution in [0, 0.1) is 0 Å². The highest BCUT2D eigenvalue weighted by atomic mass is 16.5. The molecule has 4 nitrogen and oxygen atoms in total. The maximum atomic E-state index is 5.98. The molecular weight excluding hydrogens is 202 g/mol. The summed E-state index contributed by atoms with van der Waals surface area (Å²) in [6.07, 6.45) is 5.22. The molecule has 1 saturated carbocycles. The van der Waals surface area contributed by atoms with Gasteiger partial charge in [0.25, 0.3) is 0 Å². The van der Waals surface area contributed by atoms with E-state index in [1.807, 2.05) is 0 Å². The number of ether oxygens (including phenoxy) is 1. The Morgan fingerprint density at radius 1 is 1.44 bits per heavy atom. The van der Waals surface area contributed by atoms with Gasteiger partial charge >= 0.3 is 0 Å². The normalized spacial score (nSPS) is 37.5. The molecule has 0 aromatic carbocycles. The van der Waals surface area contributed by atoms with Gasteiger partial charge in [-0.3, -0.25) is 0 Å². The van der Waals surface area contributed by atoms with Gasteiger partial charge in [-0.25, -0.2) is 0 Å². The first-order chi connectivity index (χ1) is 7.74. The lowest BCUT2D eigenvalue weighted by Gasteiger charge is -2.33. The van der Waals surface area contributed by atoms with Gasteiger partial charge in [-0.1, -0.05) is 6.42 Å². The number of nitrogens with two attached hydrogens (primary N) is 1. The van der Waals surface area contributed by atoms with Crippen LogP contribution in [0.3, 0.4) is 0 Å². The summed E-state index contributed by atoms with van der Waals surface area (Å²) in [5, 5.41) is 3.61. The zero-order valence-electron chi connectivity index (χ0n) is 10.3. The van der Waals surface area contributed by atoms with E-state index < -0.39 is 0 Å². The third kappa shape index (κ3) is 3.70. The molecule has 4 heteroatoms. The summed E-state index contributed by atoms with van der Waals surface area (Å²) in [6.45, 7) is 3.95. The molecule has 0 bridgehead atoms. The molecule has 2 rings (SSSR count). The van der Waals surface area contributed by atoms with Crippen LogP contribution in [-0.2, 0) is 4.74 Å². The van der Waals surface area contributed by atoms with Crippen LogP contribution in [-0.4, -0.2) is 56.4 Å². The van der Waals surface area contributed by atoms with Crippen LogP contribution in [0.5, 0.6) is 0 Å². The molecule has 0 radical (unpaired) electrons. The highest BCUT2D eigenvalue weighted by Crippen LogP contribution is 2.17. The first-order valence-corrected chi connectivity index (χ1v) is 6.53. The average molecular weight is 227 g/mol. The fourth-order valence-corrected chi connectivity index (χ4v) is 2.70. The van der Waals surface area contributed by atoms with E-state index in [9.17, 15) is 0 Å². The predicted octanol–water partition coefficient (Wildman–Crippen LogP) is 0.177. The first kappa shape index (κ1) is 12.3. The largest absolute Gasteiger partial charge is 0.374 e. The smallest absolute Gasteiger partial charge is 0.0826 e. The number of likely N-dealkylation sites (N-methyl/N-ethyl adjacent to an activating group) is 1. The molecule has 0 amide bonds. The van der Waals surface area contributed by atoms with Crippen LogP contribution < -0.4 is 11.1 Å². The Morgan fingerprint density at radius 3 is 3.06 bits per heavy atom. The van der Waals surface area contributed by atoms with E-state index in [1.165, 1.54) is 19.3 Å². The lowest BCUT2D eigenvalue weighted by atomic mass is 9.91. The molecule has 3 atom stereocenters. The van der Waals surface area contributed by atoms with E-state index in [-0.39, 0.29) is 0 Å². The Labute approximate surface area is 98.5 Å². The first-order valence-electron chi connectivity index (χ1n) is 6.53. The minimum absolute atomic E-state index is 0.358. The number of morpholine rings is 1. The lowest BCUT2D eigenvalue weighted by Crippen LogP contribution is -2.48. The van der Waals surface area contributed by atoms with E-state index in [2.05, 4.69) is 17.3 Å². The van der Waals surface area contributed by atoms with Crippen LogP contribution in [0.2, 0.25) is 0 Å². The minimum atomic E-state index is 0.358. The molecule has 2 aliphatic rings. The van der Waals surface area contributed by atoms with Crippen molar-refractivity contribution in [3.63, 3.8) is 0 Å². The highest BCUT2D eigenvalue weighted by Gasteiger charge is 2.22. The second-order valence-electron chi connectivity index (χ2n) is 5.29. The van der Waals surface area contributed by atoms with Gasteiger partial charge < -0.3 is 20.7 Å². The Bertz CT molecular complexity index is 190. The highest BCUT2D eigenvalue weighted by molar-refractivity contribution is 4.81. The molecule has 1 saturated heterocycles. The van der Waals surface area contributed by atoms with Gasteiger partial charge in [0.15, 0.2) is 0 Å². The van der Waals surface area contributed by atoms with E-state index >= 15 is 0 Å². The predicted molar refractivity (Wildman–Crippen MR) is 65.5 cm³/mol. The summed E-state index contributed by atoms with van der Waals surface area (Å²) in [5.74, 6) is 0. The Morgan fingerprint density at radius 2 is 2.31 bits per heavy atom. The molecule has 1 aliphatic carbocycles. The Kier molecular flexibility index (Phi) is 4.58. The topological polar surface area (TPSA) is 50.5 Å². The van der Waals surface area contributed by atoms with Crippen LogP contribution in [0.4, 0.5) is 0 Å². The maximum Gasteiger partial charge on any atom is 0.0826 e. The van der Waals surface area contributed by atoms with E-state index in [1.54, 1.807) is 0 Å². The standard InChI is InChI=1S/C12H25N3O/c1-15-5-6-16-12(9-15)8-14-11-4-2-3-10(13)7-11/h10-12,14H,2-9,13H2,1H3. The van der Waals surface area contributed by atoms with Crippen LogP contribution in [0.15, 0.2) is 0 Å². The third-order valence-corrected chi connectivity index (χ3v) is 3.69. The number of nitrogens with one attached hydrogen (secondary N) is 1. The van der Waals surface area contributed by atoms with Crippen molar-refractivity contribution < 1.29 is 4.74 Å². The lowest BCUT2D eigenvalue weighted by molar-refractivity contribution is -0.0198. The van der Waals surface area contributed by atoms with Crippen molar-refractivity contribution in [2.75, 3.05) is 33.3 Å². The van der Waals surface area contributed by atoms with Crippen LogP contribution in [0.25, 0.3) is 0 Å². The molecule has 0 spiro atoms. The van der Waals surface area contributed by atoms with Crippen molar-refractivity contribution in [1.29, 1.82) is 0 Å². The summed E-state index contributed by atoms with van der Waals surface area (Å²) in [6, 6.07) is 1.01. The van der Waals surface area contributed by atoms with Gasteiger partial charge in [0.2, 0.25) is 0 Å². The van der Waals surface area contributed by atoms with Gasteiger partial charge in [-0.15, -0.1) is 0 Å². The maximum absolute atomic E-state index is 5.98.